The molecular formula is C13H14F2O2. The van der Waals surface area contributed by atoms with Crippen molar-refractivity contribution in [2.75, 3.05) is 0 Å². The van der Waals surface area contributed by atoms with Crippen LogP contribution in [-0.4, -0.2) is 12.2 Å². The fourth-order valence-corrected chi connectivity index (χ4v) is 2.62. The lowest BCUT2D eigenvalue weighted by Crippen LogP contribution is -2.45. The van der Waals surface area contributed by atoms with Gasteiger partial charge in [-0.15, -0.1) is 0 Å². The maximum Gasteiger partial charge on any atom is 0.387 e. The van der Waals surface area contributed by atoms with Crippen LogP contribution in [0.3, 0.4) is 0 Å². The largest absolute Gasteiger partial charge is 0.483 e. The third-order valence-electron chi connectivity index (χ3n) is 3.71. The Balaban J connectivity index is 1.92. The molecule has 0 aromatic heterocycles. The molecule has 1 spiro atoms. The van der Waals surface area contributed by atoms with Gasteiger partial charge in [0.05, 0.1) is 0 Å². The highest BCUT2D eigenvalue weighted by Gasteiger charge is 2.42. The Labute approximate surface area is 98.5 Å². The second kappa shape index (κ2) is 3.86. The first-order valence-electron chi connectivity index (χ1n) is 5.94. The molecule has 4 heteroatoms. The molecule has 1 aromatic rings. The van der Waals surface area contributed by atoms with Gasteiger partial charge in [-0.05, 0) is 43.7 Å². The molecule has 0 radical (unpaired) electrons. The topological polar surface area (TPSA) is 18.5 Å². The van der Waals surface area contributed by atoms with Crippen LogP contribution in [0.2, 0.25) is 0 Å². The molecule has 1 fully saturated rings. The summed E-state index contributed by atoms with van der Waals surface area (Å²) in [6, 6.07) is 5.19. The first-order valence-corrected chi connectivity index (χ1v) is 5.94. The lowest BCUT2D eigenvalue weighted by Gasteiger charge is -2.45. The monoisotopic (exact) mass is 240 g/mol. The van der Waals surface area contributed by atoms with Crippen LogP contribution < -0.4 is 9.47 Å². The van der Waals surface area contributed by atoms with Gasteiger partial charge in [0, 0.05) is 0 Å². The zero-order valence-electron chi connectivity index (χ0n) is 9.42. The van der Waals surface area contributed by atoms with E-state index in [1.807, 2.05) is 6.07 Å². The van der Waals surface area contributed by atoms with Crippen molar-refractivity contribution in [3.05, 3.63) is 23.8 Å². The maximum absolute atomic E-state index is 12.3. The van der Waals surface area contributed by atoms with Crippen molar-refractivity contribution in [1.82, 2.24) is 0 Å². The summed E-state index contributed by atoms with van der Waals surface area (Å²) in [5.74, 6) is 0.697. The summed E-state index contributed by atoms with van der Waals surface area (Å²) >= 11 is 0. The van der Waals surface area contributed by atoms with Crippen molar-refractivity contribution in [2.45, 2.75) is 44.3 Å². The van der Waals surface area contributed by atoms with E-state index in [0.29, 0.717) is 5.75 Å². The smallest absolute Gasteiger partial charge is 0.387 e. The normalized spacial score (nSPS) is 20.6. The quantitative estimate of drug-likeness (QED) is 0.787. The Kier molecular flexibility index (Phi) is 2.45. The van der Waals surface area contributed by atoms with Crippen LogP contribution in [0.15, 0.2) is 18.2 Å². The summed E-state index contributed by atoms with van der Waals surface area (Å²) in [6.45, 7) is -2.80. The van der Waals surface area contributed by atoms with Crippen molar-refractivity contribution in [3.63, 3.8) is 0 Å². The van der Waals surface area contributed by atoms with Crippen LogP contribution in [0.4, 0.5) is 8.78 Å². The van der Waals surface area contributed by atoms with Crippen LogP contribution in [0, 0.1) is 0 Å². The van der Waals surface area contributed by atoms with Crippen LogP contribution in [-0.2, 0) is 6.42 Å². The van der Waals surface area contributed by atoms with Crippen molar-refractivity contribution in [2.24, 2.45) is 0 Å². The first-order chi connectivity index (χ1) is 8.19. The van der Waals surface area contributed by atoms with Gasteiger partial charge in [0.25, 0.3) is 0 Å². The molecule has 0 amide bonds. The number of fused-ring (bicyclic) bond motifs is 1. The first kappa shape index (κ1) is 10.8. The van der Waals surface area contributed by atoms with Gasteiger partial charge in [-0.25, -0.2) is 0 Å². The van der Waals surface area contributed by atoms with E-state index < -0.39 is 6.61 Å². The molecule has 2 nitrogen and oxygen atoms in total. The number of rotatable bonds is 2. The Morgan fingerprint density at radius 3 is 2.71 bits per heavy atom. The van der Waals surface area contributed by atoms with Crippen LogP contribution in [0.5, 0.6) is 11.5 Å². The highest BCUT2D eigenvalue weighted by atomic mass is 19.3. The fraction of sp³-hybridized carbons (Fsp3) is 0.538. The summed E-state index contributed by atoms with van der Waals surface area (Å²) in [4.78, 5) is 0. The van der Waals surface area contributed by atoms with Gasteiger partial charge in [-0.3, -0.25) is 0 Å². The van der Waals surface area contributed by atoms with Gasteiger partial charge in [0.1, 0.15) is 5.60 Å². The lowest BCUT2D eigenvalue weighted by atomic mass is 9.74. The number of alkyl halides is 2. The molecule has 1 aliphatic heterocycles. The molecule has 2 aliphatic rings. The lowest BCUT2D eigenvalue weighted by molar-refractivity contribution is -0.0622. The van der Waals surface area contributed by atoms with E-state index in [-0.39, 0.29) is 11.4 Å². The van der Waals surface area contributed by atoms with Gasteiger partial charge in [0.15, 0.2) is 11.5 Å². The molecule has 1 aromatic carbocycles. The highest BCUT2D eigenvalue weighted by molar-refractivity contribution is 5.48. The summed E-state index contributed by atoms with van der Waals surface area (Å²) in [6.07, 6.45) is 5.08. The van der Waals surface area contributed by atoms with E-state index >= 15 is 0 Å². The predicted molar refractivity (Wildman–Crippen MR) is 58.6 cm³/mol. The third kappa shape index (κ3) is 1.85. The van der Waals surface area contributed by atoms with Crippen LogP contribution in [0.1, 0.15) is 31.2 Å². The molecular weight excluding hydrogens is 226 g/mol. The standard InChI is InChI=1S/C13H14F2O2/c14-12(15)16-10-4-1-3-9-5-8-13(6-2-7-13)17-11(9)10/h1,3-4,12H,2,5-8H2. The van der Waals surface area contributed by atoms with Crippen molar-refractivity contribution in [1.29, 1.82) is 0 Å². The van der Waals surface area contributed by atoms with Gasteiger partial charge >= 0.3 is 6.61 Å². The van der Waals surface area contributed by atoms with Crippen molar-refractivity contribution < 1.29 is 18.3 Å². The van der Waals surface area contributed by atoms with Gasteiger partial charge < -0.3 is 9.47 Å². The third-order valence-corrected chi connectivity index (χ3v) is 3.71. The van der Waals surface area contributed by atoms with Crippen molar-refractivity contribution >= 4 is 0 Å². The number of benzene rings is 1. The molecule has 0 bridgehead atoms. The maximum atomic E-state index is 12.3. The number of ether oxygens (including phenoxy) is 2. The number of aryl methyl sites for hydroxylation is 1. The van der Waals surface area contributed by atoms with Gasteiger partial charge in [-0.2, -0.15) is 8.78 Å². The second-order valence-corrected chi connectivity index (χ2v) is 4.76. The summed E-state index contributed by atoms with van der Waals surface area (Å²) < 4.78 is 35.0. The van der Waals surface area contributed by atoms with E-state index in [0.717, 1.165) is 37.7 Å². The molecule has 0 N–H and O–H groups in total. The number of hydrogen-bond acceptors (Lipinski definition) is 2. The molecule has 17 heavy (non-hydrogen) atoms. The average molecular weight is 240 g/mol. The molecule has 1 heterocycles. The fourth-order valence-electron chi connectivity index (χ4n) is 2.62. The van der Waals surface area contributed by atoms with E-state index in [2.05, 4.69) is 4.74 Å². The SMILES string of the molecule is FC(F)Oc1cccc2c1OC1(CCC1)CC2. The Morgan fingerprint density at radius 1 is 1.24 bits per heavy atom. The molecule has 0 atom stereocenters. The number of para-hydroxylation sites is 1. The highest BCUT2D eigenvalue weighted by Crippen LogP contribution is 2.48. The van der Waals surface area contributed by atoms with Crippen LogP contribution in [0.25, 0.3) is 0 Å². The van der Waals surface area contributed by atoms with E-state index in [1.54, 1.807) is 12.1 Å². The van der Waals surface area contributed by atoms with Gasteiger partial charge in [0.2, 0.25) is 0 Å². The average Bonchev–Trinajstić information content (AvgIpc) is 2.26. The molecule has 92 valence electrons. The minimum Gasteiger partial charge on any atom is -0.483 e. The summed E-state index contributed by atoms with van der Waals surface area (Å²) in [5.41, 5.74) is 0.870. The Morgan fingerprint density at radius 2 is 2.06 bits per heavy atom. The summed E-state index contributed by atoms with van der Waals surface area (Å²) in [7, 11) is 0. The molecule has 1 aliphatic carbocycles. The summed E-state index contributed by atoms with van der Waals surface area (Å²) in [5, 5.41) is 0. The van der Waals surface area contributed by atoms with Crippen molar-refractivity contribution in [3.8, 4) is 11.5 Å². The Hall–Kier alpha value is -1.32. The minimum atomic E-state index is -2.80. The Bertz CT molecular complexity index is 427. The zero-order chi connectivity index (χ0) is 11.9. The predicted octanol–water partition coefficient (Wildman–Crippen LogP) is 3.54. The van der Waals surface area contributed by atoms with Gasteiger partial charge in [-0.1, -0.05) is 12.1 Å². The molecule has 0 unspecified atom stereocenters. The van der Waals surface area contributed by atoms with E-state index in [9.17, 15) is 8.78 Å². The molecule has 0 saturated heterocycles. The zero-order valence-corrected chi connectivity index (χ0v) is 9.42. The number of hydrogen-bond donors (Lipinski definition) is 0. The van der Waals surface area contributed by atoms with E-state index in [4.69, 9.17) is 4.74 Å². The van der Waals surface area contributed by atoms with E-state index in [1.165, 1.54) is 0 Å². The molecule has 3 rings (SSSR count). The molecule has 1 saturated carbocycles. The number of halogens is 2. The van der Waals surface area contributed by atoms with Crippen LogP contribution >= 0.6 is 0 Å². The minimum absolute atomic E-state index is 0.103. The second-order valence-electron chi connectivity index (χ2n) is 4.76.